The second-order valence-corrected chi connectivity index (χ2v) is 7.98. The van der Waals surface area contributed by atoms with Crippen LogP contribution < -0.4 is 10.6 Å². The average Bonchev–Trinajstić information content (AvgIpc) is 3.26. The smallest absolute Gasteiger partial charge is 0.226 e. The zero-order valence-corrected chi connectivity index (χ0v) is 18.8. The zero-order valence-electron chi connectivity index (χ0n) is 18.8. The van der Waals surface area contributed by atoms with Gasteiger partial charge in [-0.05, 0) is 42.3 Å². The largest absolute Gasteiger partial charge is 0.352 e. The molecule has 0 spiro atoms. The first kappa shape index (κ1) is 22.9. The van der Waals surface area contributed by atoms with Crippen LogP contribution in [0.25, 0.3) is 16.9 Å². The summed E-state index contributed by atoms with van der Waals surface area (Å²) < 4.78 is 14.7. The Labute approximate surface area is 197 Å². The average molecular weight is 457 g/mol. The SMILES string of the molecule is Cc1cccc(-n2nc(-c3ccccc3)cc2NC(=O)CCC(=O)NCc2ccc(F)cc2)c1. The fraction of sp³-hybridized carbons (Fsp3) is 0.148. The van der Waals surface area contributed by atoms with Gasteiger partial charge < -0.3 is 10.6 Å². The second kappa shape index (κ2) is 10.6. The number of nitrogens with one attached hydrogen (secondary N) is 2. The number of anilines is 1. The van der Waals surface area contributed by atoms with Crippen molar-refractivity contribution in [1.82, 2.24) is 15.1 Å². The highest BCUT2D eigenvalue weighted by Crippen LogP contribution is 2.25. The van der Waals surface area contributed by atoms with E-state index in [0.29, 0.717) is 5.82 Å². The van der Waals surface area contributed by atoms with Crippen LogP contribution >= 0.6 is 0 Å². The predicted molar refractivity (Wildman–Crippen MR) is 130 cm³/mol. The predicted octanol–water partition coefficient (Wildman–Crippen LogP) is 5.02. The van der Waals surface area contributed by atoms with Crippen molar-refractivity contribution >= 4 is 17.6 Å². The van der Waals surface area contributed by atoms with Gasteiger partial charge in [0.05, 0.1) is 11.4 Å². The van der Waals surface area contributed by atoms with Gasteiger partial charge in [-0.25, -0.2) is 9.07 Å². The van der Waals surface area contributed by atoms with Crippen LogP contribution in [0.2, 0.25) is 0 Å². The van der Waals surface area contributed by atoms with Crippen molar-refractivity contribution in [2.24, 2.45) is 0 Å². The third-order valence-electron chi connectivity index (χ3n) is 5.27. The highest BCUT2D eigenvalue weighted by atomic mass is 19.1. The van der Waals surface area contributed by atoms with Gasteiger partial charge in [-0.15, -0.1) is 0 Å². The molecule has 6 nitrogen and oxygen atoms in total. The van der Waals surface area contributed by atoms with E-state index in [1.54, 1.807) is 16.8 Å². The van der Waals surface area contributed by atoms with E-state index < -0.39 is 0 Å². The number of amides is 2. The molecule has 34 heavy (non-hydrogen) atoms. The van der Waals surface area contributed by atoms with Crippen molar-refractivity contribution in [3.05, 3.63) is 102 Å². The Kier molecular flexibility index (Phi) is 7.13. The molecule has 1 aromatic heterocycles. The Balaban J connectivity index is 1.42. The number of hydrogen-bond acceptors (Lipinski definition) is 3. The molecule has 2 N–H and O–H groups in total. The van der Waals surface area contributed by atoms with Crippen LogP contribution in [0.1, 0.15) is 24.0 Å². The minimum absolute atomic E-state index is 0.0227. The van der Waals surface area contributed by atoms with Crippen LogP contribution in [0.4, 0.5) is 10.2 Å². The molecule has 0 aliphatic carbocycles. The minimum Gasteiger partial charge on any atom is -0.352 e. The van der Waals surface area contributed by atoms with Crippen molar-refractivity contribution in [2.45, 2.75) is 26.3 Å². The molecule has 172 valence electrons. The van der Waals surface area contributed by atoms with Crippen LogP contribution in [-0.2, 0) is 16.1 Å². The van der Waals surface area contributed by atoms with Crippen LogP contribution in [0.15, 0.2) is 84.9 Å². The molecule has 0 aliphatic heterocycles. The molecule has 0 atom stereocenters. The summed E-state index contributed by atoms with van der Waals surface area (Å²) in [6.45, 7) is 2.27. The van der Waals surface area contributed by atoms with E-state index >= 15 is 0 Å². The summed E-state index contributed by atoms with van der Waals surface area (Å²) in [4.78, 5) is 24.8. The number of nitrogens with zero attached hydrogens (tertiary/aromatic N) is 2. The molecule has 0 saturated heterocycles. The number of aromatic nitrogens is 2. The quantitative estimate of drug-likeness (QED) is 0.391. The third-order valence-corrected chi connectivity index (χ3v) is 5.27. The standard InChI is InChI=1S/C27H25FN4O2/c1-19-6-5-9-23(16-19)32-25(17-24(31-32)21-7-3-2-4-8-21)30-27(34)15-14-26(33)29-18-20-10-12-22(28)13-11-20/h2-13,16-17H,14-15,18H2,1H3,(H,29,33)(H,30,34). The Morgan fingerprint density at radius 3 is 2.35 bits per heavy atom. The van der Waals surface area contributed by atoms with E-state index in [-0.39, 0.29) is 37.0 Å². The van der Waals surface area contributed by atoms with E-state index in [0.717, 1.165) is 28.1 Å². The van der Waals surface area contributed by atoms with E-state index in [1.807, 2.05) is 67.6 Å². The maximum absolute atomic E-state index is 13.0. The normalized spacial score (nSPS) is 10.6. The lowest BCUT2D eigenvalue weighted by atomic mass is 10.1. The molecule has 0 saturated carbocycles. The minimum atomic E-state index is -0.327. The van der Waals surface area contributed by atoms with Crippen LogP contribution in [0.5, 0.6) is 0 Å². The first-order chi connectivity index (χ1) is 16.5. The fourth-order valence-corrected chi connectivity index (χ4v) is 3.50. The molecule has 3 aromatic carbocycles. The van der Waals surface area contributed by atoms with E-state index in [9.17, 15) is 14.0 Å². The molecule has 0 unspecified atom stereocenters. The van der Waals surface area contributed by atoms with Gasteiger partial charge in [0.25, 0.3) is 0 Å². The number of rotatable bonds is 8. The van der Waals surface area contributed by atoms with Crippen molar-refractivity contribution < 1.29 is 14.0 Å². The molecule has 7 heteroatoms. The number of hydrogen-bond donors (Lipinski definition) is 2. The van der Waals surface area contributed by atoms with Crippen LogP contribution in [-0.4, -0.2) is 21.6 Å². The Hall–Kier alpha value is -4.26. The Bertz CT molecular complexity index is 1280. The van der Waals surface area contributed by atoms with E-state index in [1.165, 1.54) is 12.1 Å². The molecule has 0 fully saturated rings. The molecular weight excluding hydrogens is 431 g/mol. The molecule has 0 aliphatic rings. The number of carbonyl (C=O) groups excluding carboxylic acids is 2. The summed E-state index contributed by atoms with van der Waals surface area (Å²) >= 11 is 0. The lowest BCUT2D eigenvalue weighted by molar-refractivity contribution is -0.124. The molecule has 1 heterocycles. The topological polar surface area (TPSA) is 76.0 Å². The zero-order chi connectivity index (χ0) is 23.9. The molecule has 0 bridgehead atoms. The molecule has 4 rings (SSSR count). The van der Waals surface area contributed by atoms with E-state index in [4.69, 9.17) is 5.10 Å². The summed E-state index contributed by atoms with van der Waals surface area (Å²) in [6.07, 6.45) is 0.0616. The van der Waals surface area contributed by atoms with Crippen molar-refractivity contribution in [1.29, 1.82) is 0 Å². The summed E-state index contributed by atoms with van der Waals surface area (Å²) in [5, 5.41) is 10.3. The molecule has 4 aromatic rings. The monoisotopic (exact) mass is 456 g/mol. The van der Waals surface area contributed by atoms with Gasteiger partial charge in [-0.2, -0.15) is 5.10 Å². The van der Waals surface area contributed by atoms with Crippen LogP contribution in [0.3, 0.4) is 0 Å². The number of aryl methyl sites for hydroxylation is 1. The highest BCUT2D eigenvalue weighted by molar-refractivity contribution is 5.93. The second-order valence-electron chi connectivity index (χ2n) is 7.98. The summed E-state index contributed by atoms with van der Waals surface area (Å²) in [5.74, 6) is -0.338. The maximum Gasteiger partial charge on any atom is 0.226 e. The summed E-state index contributed by atoms with van der Waals surface area (Å²) in [6, 6.07) is 25.3. The number of halogens is 1. The lowest BCUT2D eigenvalue weighted by Gasteiger charge is -2.10. The molecular formula is C27H25FN4O2. The van der Waals surface area contributed by atoms with Gasteiger partial charge in [0.15, 0.2) is 0 Å². The van der Waals surface area contributed by atoms with Gasteiger partial charge in [0.1, 0.15) is 11.6 Å². The maximum atomic E-state index is 13.0. The van der Waals surface area contributed by atoms with Crippen molar-refractivity contribution in [3.63, 3.8) is 0 Å². The van der Waals surface area contributed by atoms with Gasteiger partial charge in [0, 0.05) is 31.0 Å². The summed E-state index contributed by atoms with van der Waals surface area (Å²) in [7, 11) is 0. The van der Waals surface area contributed by atoms with Crippen molar-refractivity contribution in [2.75, 3.05) is 5.32 Å². The third kappa shape index (κ3) is 5.95. The highest BCUT2D eigenvalue weighted by Gasteiger charge is 2.15. The van der Waals surface area contributed by atoms with Crippen molar-refractivity contribution in [3.8, 4) is 16.9 Å². The van der Waals surface area contributed by atoms with Gasteiger partial charge in [-0.1, -0.05) is 54.6 Å². The van der Waals surface area contributed by atoms with E-state index in [2.05, 4.69) is 10.6 Å². The fourth-order valence-electron chi connectivity index (χ4n) is 3.50. The Morgan fingerprint density at radius 2 is 1.62 bits per heavy atom. The first-order valence-corrected chi connectivity index (χ1v) is 11.0. The van der Waals surface area contributed by atoms with Gasteiger partial charge in [-0.3, -0.25) is 9.59 Å². The van der Waals surface area contributed by atoms with Gasteiger partial charge >= 0.3 is 0 Å². The Morgan fingerprint density at radius 1 is 0.882 bits per heavy atom. The molecule has 2 amide bonds. The first-order valence-electron chi connectivity index (χ1n) is 11.0. The summed E-state index contributed by atoms with van der Waals surface area (Å²) in [5.41, 5.74) is 4.35. The van der Waals surface area contributed by atoms with Gasteiger partial charge in [0.2, 0.25) is 11.8 Å². The molecule has 0 radical (unpaired) electrons. The number of carbonyl (C=O) groups is 2. The van der Waals surface area contributed by atoms with Crippen LogP contribution in [0, 0.1) is 12.7 Å². The number of benzene rings is 3. The lowest BCUT2D eigenvalue weighted by Crippen LogP contribution is -2.24.